The van der Waals surface area contributed by atoms with E-state index in [4.69, 9.17) is 0 Å². The number of rotatable bonds is 6. The molecule has 0 radical (unpaired) electrons. The molecule has 18 heavy (non-hydrogen) atoms. The van der Waals surface area contributed by atoms with Crippen molar-refractivity contribution in [3.63, 3.8) is 0 Å². The quantitative estimate of drug-likeness (QED) is 0.820. The summed E-state index contributed by atoms with van der Waals surface area (Å²) in [4.78, 5) is 2.50. The fourth-order valence-corrected chi connectivity index (χ4v) is 2.64. The summed E-state index contributed by atoms with van der Waals surface area (Å²) in [6.07, 6.45) is 4.62. The Morgan fingerprint density at radius 1 is 1.56 bits per heavy atom. The molecule has 2 heterocycles. The Morgan fingerprint density at radius 2 is 2.39 bits per heavy atom. The first-order chi connectivity index (χ1) is 8.63. The van der Waals surface area contributed by atoms with Crippen LogP contribution in [0.4, 0.5) is 0 Å². The molecule has 5 heteroatoms. The standard InChI is InChI=1S/C13H25N5/c1-11(2)7-18(9-12-5-4-6-14-12)10-13-8-17(3)16-15-13/h8,11-12,14H,4-7,9-10H2,1-3H3. The van der Waals surface area contributed by atoms with Crippen molar-refractivity contribution in [2.24, 2.45) is 13.0 Å². The normalized spacial score (nSPS) is 20.2. The molecule has 1 atom stereocenters. The Kier molecular flexibility index (Phi) is 4.72. The molecule has 0 amide bonds. The lowest BCUT2D eigenvalue weighted by molar-refractivity contribution is 0.214. The number of hydrogen-bond donors (Lipinski definition) is 1. The molecule has 1 saturated heterocycles. The van der Waals surface area contributed by atoms with Gasteiger partial charge < -0.3 is 5.32 Å². The molecule has 0 bridgehead atoms. The molecule has 1 N–H and O–H groups in total. The van der Waals surface area contributed by atoms with Gasteiger partial charge in [-0.25, -0.2) is 0 Å². The van der Waals surface area contributed by atoms with Gasteiger partial charge in [-0.3, -0.25) is 9.58 Å². The van der Waals surface area contributed by atoms with Crippen LogP contribution in [0, 0.1) is 5.92 Å². The molecule has 0 aliphatic carbocycles. The molecular formula is C13H25N5. The fourth-order valence-electron chi connectivity index (χ4n) is 2.64. The number of nitrogens with one attached hydrogen (secondary N) is 1. The van der Waals surface area contributed by atoms with Gasteiger partial charge >= 0.3 is 0 Å². The summed E-state index contributed by atoms with van der Waals surface area (Å²) in [6, 6.07) is 0.653. The topological polar surface area (TPSA) is 46.0 Å². The second kappa shape index (κ2) is 6.29. The van der Waals surface area contributed by atoms with Crippen molar-refractivity contribution in [2.45, 2.75) is 39.3 Å². The minimum absolute atomic E-state index is 0.653. The van der Waals surface area contributed by atoms with Crippen molar-refractivity contribution in [1.82, 2.24) is 25.2 Å². The van der Waals surface area contributed by atoms with E-state index >= 15 is 0 Å². The van der Waals surface area contributed by atoms with Crippen LogP contribution in [0.1, 0.15) is 32.4 Å². The minimum atomic E-state index is 0.653. The first kappa shape index (κ1) is 13.5. The van der Waals surface area contributed by atoms with E-state index < -0.39 is 0 Å². The number of hydrogen-bond acceptors (Lipinski definition) is 4. The summed E-state index contributed by atoms with van der Waals surface area (Å²) in [5.74, 6) is 0.683. The molecule has 0 aromatic carbocycles. The van der Waals surface area contributed by atoms with Gasteiger partial charge in [0, 0.05) is 38.9 Å². The van der Waals surface area contributed by atoms with Crippen molar-refractivity contribution in [1.29, 1.82) is 0 Å². The van der Waals surface area contributed by atoms with E-state index in [-0.39, 0.29) is 0 Å². The van der Waals surface area contributed by atoms with Crippen LogP contribution in [0.2, 0.25) is 0 Å². The molecular weight excluding hydrogens is 226 g/mol. The van der Waals surface area contributed by atoms with E-state index in [0.717, 1.165) is 25.3 Å². The molecule has 1 fully saturated rings. The van der Waals surface area contributed by atoms with Gasteiger partial charge in [0.05, 0.1) is 5.69 Å². The highest BCUT2D eigenvalue weighted by Crippen LogP contribution is 2.11. The lowest BCUT2D eigenvalue weighted by Gasteiger charge is -2.26. The average molecular weight is 251 g/mol. The Hall–Kier alpha value is -0.940. The van der Waals surface area contributed by atoms with E-state index in [0.29, 0.717) is 12.0 Å². The molecule has 1 aliphatic rings. The molecule has 102 valence electrons. The lowest BCUT2D eigenvalue weighted by atomic mass is 10.1. The Morgan fingerprint density at radius 3 is 2.94 bits per heavy atom. The van der Waals surface area contributed by atoms with Gasteiger partial charge in [-0.15, -0.1) is 5.10 Å². The van der Waals surface area contributed by atoms with Gasteiger partial charge in [-0.2, -0.15) is 0 Å². The van der Waals surface area contributed by atoms with Gasteiger partial charge in [0.1, 0.15) is 0 Å². The van der Waals surface area contributed by atoms with E-state index in [1.807, 2.05) is 13.2 Å². The lowest BCUT2D eigenvalue weighted by Crippen LogP contribution is -2.39. The molecule has 1 aromatic rings. The number of aromatic nitrogens is 3. The van der Waals surface area contributed by atoms with Crippen LogP contribution in [0.25, 0.3) is 0 Å². The zero-order chi connectivity index (χ0) is 13.0. The zero-order valence-electron chi connectivity index (χ0n) is 11.8. The summed E-state index contributed by atoms with van der Waals surface area (Å²) >= 11 is 0. The predicted molar refractivity (Wildman–Crippen MR) is 72.1 cm³/mol. The van der Waals surface area contributed by atoms with Gasteiger partial charge in [0.25, 0.3) is 0 Å². The number of aryl methyl sites for hydroxylation is 1. The first-order valence-corrected chi connectivity index (χ1v) is 6.94. The largest absolute Gasteiger partial charge is 0.313 e. The van der Waals surface area contributed by atoms with E-state index in [1.54, 1.807) is 4.68 Å². The van der Waals surface area contributed by atoms with Crippen LogP contribution < -0.4 is 5.32 Å². The molecule has 5 nitrogen and oxygen atoms in total. The maximum absolute atomic E-state index is 4.19. The Labute approximate surface area is 110 Å². The summed E-state index contributed by atoms with van der Waals surface area (Å²) in [5, 5.41) is 11.8. The van der Waals surface area contributed by atoms with Crippen molar-refractivity contribution in [3.05, 3.63) is 11.9 Å². The van der Waals surface area contributed by atoms with Gasteiger partial charge in [-0.1, -0.05) is 19.1 Å². The van der Waals surface area contributed by atoms with Gasteiger partial charge in [0.2, 0.25) is 0 Å². The molecule has 2 rings (SSSR count). The molecule has 1 unspecified atom stereocenters. The van der Waals surface area contributed by atoms with E-state index in [2.05, 4.69) is 34.4 Å². The highest BCUT2D eigenvalue weighted by atomic mass is 15.4. The Balaban J connectivity index is 1.91. The van der Waals surface area contributed by atoms with Crippen LogP contribution in [0.5, 0.6) is 0 Å². The summed E-state index contributed by atoms with van der Waals surface area (Å²) in [5.41, 5.74) is 1.07. The van der Waals surface area contributed by atoms with E-state index in [1.165, 1.54) is 19.4 Å². The number of nitrogens with zero attached hydrogens (tertiary/aromatic N) is 4. The predicted octanol–water partition coefficient (Wildman–Crippen LogP) is 1.03. The van der Waals surface area contributed by atoms with Crippen LogP contribution in [0.3, 0.4) is 0 Å². The molecule has 1 aliphatic heterocycles. The Bertz CT molecular complexity index is 354. The summed E-state index contributed by atoms with van der Waals surface area (Å²) < 4.78 is 1.77. The molecule has 1 aromatic heterocycles. The summed E-state index contributed by atoms with van der Waals surface area (Å²) in [6.45, 7) is 8.86. The second-order valence-corrected chi connectivity index (χ2v) is 5.76. The first-order valence-electron chi connectivity index (χ1n) is 6.94. The third-order valence-corrected chi connectivity index (χ3v) is 3.30. The van der Waals surface area contributed by atoms with Crippen molar-refractivity contribution < 1.29 is 0 Å². The maximum Gasteiger partial charge on any atom is 0.0967 e. The average Bonchev–Trinajstić information content (AvgIpc) is 2.89. The van der Waals surface area contributed by atoms with Crippen molar-refractivity contribution in [2.75, 3.05) is 19.6 Å². The molecule has 0 saturated carbocycles. The van der Waals surface area contributed by atoms with Crippen LogP contribution in [0.15, 0.2) is 6.20 Å². The fraction of sp³-hybridized carbons (Fsp3) is 0.846. The maximum atomic E-state index is 4.19. The van der Waals surface area contributed by atoms with Crippen LogP contribution >= 0.6 is 0 Å². The highest BCUT2D eigenvalue weighted by Gasteiger charge is 2.19. The van der Waals surface area contributed by atoms with Gasteiger partial charge in [-0.05, 0) is 25.3 Å². The van der Waals surface area contributed by atoms with Gasteiger partial charge in [0.15, 0.2) is 0 Å². The van der Waals surface area contributed by atoms with Crippen LogP contribution in [-0.2, 0) is 13.6 Å². The van der Waals surface area contributed by atoms with Crippen molar-refractivity contribution >= 4 is 0 Å². The third kappa shape index (κ3) is 4.07. The minimum Gasteiger partial charge on any atom is -0.313 e. The SMILES string of the molecule is CC(C)CN(Cc1cn(C)nn1)CC1CCCN1. The van der Waals surface area contributed by atoms with Crippen LogP contribution in [-0.4, -0.2) is 45.6 Å². The zero-order valence-corrected chi connectivity index (χ0v) is 11.8. The molecule has 0 spiro atoms. The monoisotopic (exact) mass is 251 g/mol. The van der Waals surface area contributed by atoms with Crippen molar-refractivity contribution in [3.8, 4) is 0 Å². The van der Waals surface area contributed by atoms with E-state index in [9.17, 15) is 0 Å². The summed E-state index contributed by atoms with van der Waals surface area (Å²) in [7, 11) is 1.92. The smallest absolute Gasteiger partial charge is 0.0967 e. The third-order valence-electron chi connectivity index (χ3n) is 3.30. The highest BCUT2D eigenvalue weighted by molar-refractivity contribution is 4.92. The second-order valence-electron chi connectivity index (χ2n) is 5.76.